The first-order valence-corrected chi connectivity index (χ1v) is 10.9. The predicted octanol–water partition coefficient (Wildman–Crippen LogP) is 4.52. The van der Waals surface area contributed by atoms with Crippen LogP contribution >= 0.6 is 0 Å². The van der Waals surface area contributed by atoms with Crippen LogP contribution in [0.4, 0.5) is 11.4 Å². The van der Waals surface area contributed by atoms with Crippen molar-refractivity contribution in [3.05, 3.63) is 65.9 Å². The zero-order chi connectivity index (χ0) is 21.1. The molecule has 0 aromatic heterocycles. The van der Waals surface area contributed by atoms with Crippen LogP contribution in [-0.2, 0) is 9.59 Å². The number of rotatable bonds is 6. The summed E-state index contributed by atoms with van der Waals surface area (Å²) in [5.74, 6) is 0.312. The average Bonchev–Trinajstić information content (AvgIpc) is 3.00. The van der Waals surface area contributed by atoms with Crippen LogP contribution in [0.15, 0.2) is 60.3 Å². The van der Waals surface area contributed by atoms with E-state index in [1.54, 1.807) is 0 Å². The number of carbonyl (C=O) groups is 2. The minimum atomic E-state index is -0.255. The minimum Gasteiger partial charge on any atom is -0.372 e. The third kappa shape index (κ3) is 3.97. The van der Waals surface area contributed by atoms with Gasteiger partial charge >= 0.3 is 0 Å². The lowest BCUT2D eigenvalue weighted by Crippen LogP contribution is -2.33. The molecule has 5 nitrogen and oxygen atoms in total. The molecule has 2 aromatic carbocycles. The van der Waals surface area contributed by atoms with E-state index in [9.17, 15) is 9.59 Å². The lowest BCUT2D eigenvalue weighted by atomic mass is 9.99. The summed E-state index contributed by atoms with van der Waals surface area (Å²) >= 11 is 0. The van der Waals surface area contributed by atoms with Gasteiger partial charge in [0.15, 0.2) is 0 Å². The normalized spacial score (nSPS) is 17.8. The second kappa shape index (κ2) is 8.74. The highest BCUT2D eigenvalue weighted by Gasteiger charge is 2.38. The van der Waals surface area contributed by atoms with Crippen molar-refractivity contribution in [2.75, 3.05) is 29.9 Å². The van der Waals surface area contributed by atoms with Crippen LogP contribution in [0.5, 0.6) is 0 Å². The van der Waals surface area contributed by atoms with Crippen LogP contribution < -0.4 is 10.2 Å². The quantitative estimate of drug-likeness (QED) is 0.721. The fraction of sp³-hybridized carbons (Fsp3) is 0.360. The van der Waals surface area contributed by atoms with E-state index in [0.717, 1.165) is 36.7 Å². The maximum Gasteiger partial charge on any atom is 0.278 e. The van der Waals surface area contributed by atoms with E-state index in [4.69, 9.17) is 0 Å². The Morgan fingerprint density at radius 2 is 1.60 bits per heavy atom. The summed E-state index contributed by atoms with van der Waals surface area (Å²) in [6, 6.07) is 17.6. The fourth-order valence-electron chi connectivity index (χ4n) is 4.16. The molecule has 0 atom stereocenters. The Hall–Kier alpha value is -3.08. The number of nitrogens with one attached hydrogen (secondary N) is 1. The van der Waals surface area contributed by atoms with Crippen LogP contribution in [0.2, 0.25) is 0 Å². The predicted molar refractivity (Wildman–Crippen MR) is 121 cm³/mol. The molecule has 2 heterocycles. The first-order chi connectivity index (χ1) is 14.6. The molecule has 1 fully saturated rings. The van der Waals surface area contributed by atoms with Crippen LogP contribution in [0.3, 0.4) is 0 Å². The van der Waals surface area contributed by atoms with Crippen LogP contribution in [0.25, 0.3) is 5.57 Å². The minimum absolute atomic E-state index is 0.227. The second-order valence-electron chi connectivity index (χ2n) is 8.22. The Bertz CT molecular complexity index is 942. The number of anilines is 2. The molecule has 0 radical (unpaired) electrons. The number of imide groups is 1. The molecule has 2 amide bonds. The molecule has 0 bridgehead atoms. The van der Waals surface area contributed by atoms with Gasteiger partial charge in [0.25, 0.3) is 11.8 Å². The molecule has 0 aliphatic carbocycles. The van der Waals surface area contributed by atoms with E-state index in [1.807, 2.05) is 49.4 Å². The van der Waals surface area contributed by atoms with Gasteiger partial charge < -0.3 is 10.2 Å². The monoisotopic (exact) mass is 403 g/mol. The maximum absolute atomic E-state index is 13.0. The number of benzene rings is 2. The third-order valence-corrected chi connectivity index (χ3v) is 5.96. The summed E-state index contributed by atoms with van der Waals surface area (Å²) < 4.78 is 0. The molecule has 2 aromatic rings. The SMILES string of the molecule is CCCN1C(=O)C(Nc2ccc(N3CCC(C)CC3)cc2)=C(c2ccccc2)C1=O. The van der Waals surface area contributed by atoms with Crippen molar-refractivity contribution in [3.8, 4) is 0 Å². The van der Waals surface area contributed by atoms with Gasteiger partial charge in [-0.15, -0.1) is 0 Å². The number of nitrogens with zero attached hydrogens (tertiary/aromatic N) is 2. The Morgan fingerprint density at radius 1 is 0.933 bits per heavy atom. The largest absolute Gasteiger partial charge is 0.372 e. The number of carbonyl (C=O) groups excluding carboxylic acids is 2. The van der Waals surface area contributed by atoms with Gasteiger partial charge in [-0.25, -0.2) is 0 Å². The number of hydrogen-bond acceptors (Lipinski definition) is 4. The Morgan fingerprint density at radius 3 is 2.23 bits per heavy atom. The summed E-state index contributed by atoms with van der Waals surface area (Å²) in [5.41, 5.74) is 3.58. The van der Waals surface area contributed by atoms with Crippen LogP contribution in [0.1, 0.15) is 38.7 Å². The maximum atomic E-state index is 13.0. The molecular formula is C25H29N3O2. The van der Waals surface area contributed by atoms with Gasteiger partial charge in [-0.3, -0.25) is 14.5 Å². The van der Waals surface area contributed by atoms with E-state index in [1.165, 1.54) is 23.4 Å². The van der Waals surface area contributed by atoms with Crippen molar-refractivity contribution >= 4 is 28.8 Å². The van der Waals surface area contributed by atoms with Gasteiger partial charge in [-0.2, -0.15) is 0 Å². The van der Waals surface area contributed by atoms with Crippen molar-refractivity contribution < 1.29 is 9.59 Å². The molecule has 30 heavy (non-hydrogen) atoms. The highest BCUT2D eigenvalue weighted by atomic mass is 16.2. The standard InChI is InChI=1S/C25H29N3O2/c1-3-15-28-24(29)22(19-7-5-4-6-8-19)23(25(28)30)26-20-9-11-21(12-10-20)27-16-13-18(2)14-17-27/h4-12,18,26H,3,13-17H2,1-2H3. The van der Waals surface area contributed by atoms with Crippen molar-refractivity contribution in [2.24, 2.45) is 5.92 Å². The molecule has 1 saturated heterocycles. The molecular weight excluding hydrogens is 374 g/mol. The van der Waals surface area contributed by atoms with Crippen LogP contribution in [-0.4, -0.2) is 36.3 Å². The molecule has 2 aliphatic rings. The van der Waals surface area contributed by atoms with E-state index in [0.29, 0.717) is 17.8 Å². The number of piperidine rings is 1. The van der Waals surface area contributed by atoms with Gasteiger partial charge in [-0.05, 0) is 55.0 Å². The van der Waals surface area contributed by atoms with E-state index in [2.05, 4.69) is 29.3 Å². The van der Waals surface area contributed by atoms with E-state index in [-0.39, 0.29) is 11.8 Å². The average molecular weight is 404 g/mol. The van der Waals surface area contributed by atoms with Gasteiger partial charge in [-0.1, -0.05) is 44.2 Å². The summed E-state index contributed by atoms with van der Waals surface area (Å²) in [4.78, 5) is 29.8. The summed E-state index contributed by atoms with van der Waals surface area (Å²) in [7, 11) is 0. The first kappa shape index (κ1) is 20.2. The Balaban J connectivity index is 1.60. The van der Waals surface area contributed by atoms with Gasteiger partial charge in [0.1, 0.15) is 5.70 Å². The van der Waals surface area contributed by atoms with E-state index < -0.39 is 0 Å². The molecule has 156 valence electrons. The molecule has 4 rings (SSSR count). The van der Waals surface area contributed by atoms with Gasteiger partial charge in [0.2, 0.25) is 0 Å². The molecule has 0 saturated carbocycles. The molecule has 0 unspecified atom stereocenters. The highest BCUT2D eigenvalue weighted by Crippen LogP contribution is 2.31. The number of hydrogen-bond donors (Lipinski definition) is 1. The molecule has 1 N–H and O–H groups in total. The number of amides is 2. The molecule has 0 spiro atoms. The summed E-state index contributed by atoms with van der Waals surface area (Å²) in [6.07, 6.45) is 3.17. The van der Waals surface area contributed by atoms with Crippen molar-refractivity contribution in [1.82, 2.24) is 4.90 Å². The van der Waals surface area contributed by atoms with Crippen molar-refractivity contribution in [3.63, 3.8) is 0 Å². The highest BCUT2D eigenvalue weighted by molar-refractivity contribution is 6.36. The molecule has 2 aliphatic heterocycles. The summed E-state index contributed by atoms with van der Waals surface area (Å²) in [6.45, 7) is 6.86. The fourth-order valence-corrected chi connectivity index (χ4v) is 4.16. The lowest BCUT2D eigenvalue weighted by molar-refractivity contribution is -0.136. The van der Waals surface area contributed by atoms with Crippen molar-refractivity contribution in [2.45, 2.75) is 33.1 Å². The Labute approximate surface area is 178 Å². The molecule has 5 heteroatoms. The first-order valence-electron chi connectivity index (χ1n) is 10.9. The summed E-state index contributed by atoms with van der Waals surface area (Å²) in [5, 5.41) is 3.24. The van der Waals surface area contributed by atoms with Crippen LogP contribution in [0, 0.1) is 5.92 Å². The smallest absolute Gasteiger partial charge is 0.278 e. The zero-order valence-electron chi connectivity index (χ0n) is 17.7. The van der Waals surface area contributed by atoms with Gasteiger partial charge in [0.05, 0.1) is 5.57 Å². The third-order valence-electron chi connectivity index (χ3n) is 5.96. The van der Waals surface area contributed by atoms with Crippen molar-refractivity contribution in [1.29, 1.82) is 0 Å². The second-order valence-corrected chi connectivity index (χ2v) is 8.22. The topological polar surface area (TPSA) is 52.7 Å². The van der Waals surface area contributed by atoms with Gasteiger partial charge in [0, 0.05) is 31.0 Å². The lowest BCUT2D eigenvalue weighted by Gasteiger charge is -2.32. The zero-order valence-corrected chi connectivity index (χ0v) is 17.7. The van der Waals surface area contributed by atoms with E-state index >= 15 is 0 Å². The Kier molecular flexibility index (Phi) is 5.88.